The van der Waals surface area contributed by atoms with Crippen LogP contribution in [0.3, 0.4) is 0 Å². The zero-order chi connectivity index (χ0) is 30.1. The predicted molar refractivity (Wildman–Crippen MR) is 135 cm³/mol. The molecule has 0 saturated heterocycles. The highest BCUT2D eigenvalue weighted by Gasteiger charge is 2.42. The van der Waals surface area contributed by atoms with E-state index < -0.39 is 82.1 Å². The highest BCUT2D eigenvalue weighted by molar-refractivity contribution is 6.32. The molecule has 0 fully saturated rings. The monoisotopic (exact) mass is 596 g/mol. The largest absolute Gasteiger partial charge is 0.478 e. The zero-order valence-corrected chi connectivity index (χ0v) is 21.9. The summed E-state index contributed by atoms with van der Waals surface area (Å²) >= 11 is 6.09. The Bertz CT molecular complexity index is 1470. The number of benzene rings is 2. The average molecular weight is 597 g/mol. The zero-order valence-electron chi connectivity index (χ0n) is 21.2. The first-order valence-corrected chi connectivity index (χ1v) is 12.3. The number of halogens is 5. The molecule has 2 aromatic rings. The molecule has 9 nitrogen and oxygen atoms in total. The van der Waals surface area contributed by atoms with Crippen molar-refractivity contribution in [2.24, 2.45) is 0 Å². The lowest BCUT2D eigenvalue weighted by Crippen LogP contribution is -2.36. The van der Waals surface area contributed by atoms with Crippen molar-refractivity contribution in [2.45, 2.75) is 12.1 Å². The number of nitrogens with one attached hydrogen (secondary N) is 1. The summed E-state index contributed by atoms with van der Waals surface area (Å²) in [6.45, 7) is -2.38. The van der Waals surface area contributed by atoms with E-state index in [0.717, 1.165) is 24.1 Å². The molecule has 41 heavy (non-hydrogen) atoms. The van der Waals surface area contributed by atoms with Gasteiger partial charge in [-0.1, -0.05) is 35.9 Å². The summed E-state index contributed by atoms with van der Waals surface area (Å²) in [6, 6.07) is 8.94. The fourth-order valence-electron chi connectivity index (χ4n) is 4.71. The number of amides is 2. The lowest BCUT2D eigenvalue weighted by atomic mass is 9.79. The Balaban J connectivity index is 1.67. The topological polar surface area (TPSA) is 122 Å². The molecule has 1 atom stereocenters. The fraction of sp³-hybridized carbons (Fsp3) is 0.259. The Morgan fingerprint density at radius 3 is 2.20 bits per heavy atom. The molecule has 2 aromatic carbocycles. The molecule has 1 unspecified atom stereocenters. The van der Waals surface area contributed by atoms with E-state index in [2.05, 4.69) is 5.32 Å². The number of carbonyl (C=O) groups is 4. The Morgan fingerprint density at radius 2 is 1.66 bits per heavy atom. The minimum Gasteiger partial charge on any atom is -0.478 e. The van der Waals surface area contributed by atoms with Gasteiger partial charge in [0.15, 0.2) is 0 Å². The van der Waals surface area contributed by atoms with E-state index >= 15 is 0 Å². The molecular weight excluding hydrogens is 576 g/mol. The van der Waals surface area contributed by atoms with Crippen LogP contribution in [-0.4, -0.2) is 67.3 Å². The van der Waals surface area contributed by atoms with Crippen LogP contribution in [0.2, 0.25) is 5.02 Å². The number of rotatable bonds is 9. The van der Waals surface area contributed by atoms with Crippen LogP contribution in [0, 0.1) is 0 Å². The second-order valence-corrected chi connectivity index (χ2v) is 9.22. The highest BCUT2D eigenvalue weighted by Crippen LogP contribution is 2.45. The molecule has 14 heteroatoms. The van der Waals surface area contributed by atoms with Crippen LogP contribution in [-0.2, 0) is 25.2 Å². The summed E-state index contributed by atoms with van der Waals surface area (Å²) in [5.74, 6) is -5.70. The Labute approximate surface area is 235 Å². The highest BCUT2D eigenvalue weighted by atomic mass is 35.5. The summed E-state index contributed by atoms with van der Waals surface area (Å²) < 4.78 is 65.2. The molecule has 2 amide bonds. The number of ether oxygens (including phenoxy) is 2. The van der Waals surface area contributed by atoms with E-state index in [1.807, 2.05) is 0 Å². The van der Waals surface area contributed by atoms with E-state index in [1.54, 1.807) is 12.1 Å². The lowest BCUT2D eigenvalue weighted by Gasteiger charge is -2.31. The van der Waals surface area contributed by atoms with E-state index in [9.17, 15) is 41.8 Å². The Kier molecular flexibility index (Phi) is 8.50. The van der Waals surface area contributed by atoms with Crippen molar-refractivity contribution in [1.82, 2.24) is 10.2 Å². The van der Waals surface area contributed by atoms with Crippen molar-refractivity contribution in [1.29, 1.82) is 0 Å². The minimum absolute atomic E-state index is 0.204. The molecule has 0 aliphatic carbocycles. The number of carbonyl (C=O) groups excluding carboxylic acids is 3. The van der Waals surface area contributed by atoms with Crippen LogP contribution in [0.1, 0.15) is 37.8 Å². The summed E-state index contributed by atoms with van der Waals surface area (Å²) in [7, 11) is 0.942. The van der Waals surface area contributed by atoms with Gasteiger partial charge in [0.25, 0.3) is 11.8 Å². The molecule has 0 radical (unpaired) electrons. The number of dihydropyridines is 1. The SMILES string of the molecule is COC(=O)C1=C(CF)NC(COCCN2C(=O)c3ccccc3C2=O)=C(C(=O)O)C1c1cccc(C(F)(F)F)c1Cl. The minimum atomic E-state index is -4.92. The lowest BCUT2D eigenvalue weighted by molar-refractivity contribution is -0.137. The first-order valence-electron chi connectivity index (χ1n) is 11.9. The van der Waals surface area contributed by atoms with Crippen molar-refractivity contribution < 1.29 is 51.3 Å². The van der Waals surface area contributed by atoms with Gasteiger partial charge in [-0.05, 0) is 23.8 Å². The summed E-state index contributed by atoms with van der Waals surface area (Å²) in [4.78, 5) is 51.2. The van der Waals surface area contributed by atoms with Crippen LogP contribution in [0.15, 0.2) is 65.0 Å². The van der Waals surface area contributed by atoms with Gasteiger partial charge in [0.1, 0.15) is 6.67 Å². The third-order valence-corrected chi connectivity index (χ3v) is 6.95. The number of alkyl halides is 4. The maximum atomic E-state index is 14.2. The Hall–Kier alpha value is -4.23. The molecular formula is C27H21ClF4N2O7. The molecule has 2 heterocycles. The van der Waals surface area contributed by atoms with Gasteiger partial charge in [-0.15, -0.1) is 0 Å². The number of hydrogen-bond acceptors (Lipinski definition) is 7. The molecule has 2 N–H and O–H groups in total. The summed E-state index contributed by atoms with van der Waals surface area (Å²) in [5.41, 5.74) is -3.22. The molecule has 2 aliphatic heterocycles. The van der Waals surface area contributed by atoms with E-state index in [4.69, 9.17) is 21.1 Å². The third-order valence-electron chi connectivity index (χ3n) is 6.53. The van der Waals surface area contributed by atoms with Crippen molar-refractivity contribution >= 4 is 35.4 Å². The number of hydrogen-bond donors (Lipinski definition) is 2. The number of allylic oxidation sites excluding steroid dienone is 1. The van der Waals surface area contributed by atoms with Gasteiger partial charge in [0.2, 0.25) is 0 Å². The van der Waals surface area contributed by atoms with Crippen LogP contribution < -0.4 is 5.32 Å². The molecule has 0 spiro atoms. The number of carboxylic acid groups (broad SMARTS) is 1. The predicted octanol–water partition coefficient (Wildman–Crippen LogP) is 4.09. The first kappa shape index (κ1) is 29.7. The van der Waals surface area contributed by atoms with Crippen LogP contribution in [0.25, 0.3) is 0 Å². The Morgan fingerprint density at radius 1 is 1.02 bits per heavy atom. The van der Waals surface area contributed by atoms with Crippen molar-refractivity contribution in [3.63, 3.8) is 0 Å². The molecule has 4 rings (SSSR count). The molecule has 216 valence electrons. The quantitative estimate of drug-likeness (QED) is 0.192. The van der Waals surface area contributed by atoms with Gasteiger partial charge in [-0.2, -0.15) is 13.2 Å². The van der Waals surface area contributed by atoms with Crippen LogP contribution >= 0.6 is 11.6 Å². The number of fused-ring (bicyclic) bond motifs is 1. The van der Waals surface area contributed by atoms with Gasteiger partial charge < -0.3 is 19.9 Å². The van der Waals surface area contributed by atoms with Gasteiger partial charge in [-0.25, -0.2) is 14.0 Å². The van der Waals surface area contributed by atoms with E-state index in [0.29, 0.717) is 6.07 Å². The normalized spacial score (nSPS) is 17.1. The molecule has 2 aliphatic rings. The molecule has 0 aromatic heterocycles. The number of aliphatic carboxylic acids is 1. The first-order chi connectivity index (χ1) is 19.4. The third kappa shape index (κ3) is 5.55. The second kappa shape index (κ2) is 11.7. The van der Waals surface area contributed by atoms with Gasteiger partial charge in [-0.3, -0.25) is 14.5 Å². The average Bonchev–Trinajstić information content (AvgIpc) is 3.18. The summed E-state index contributed by atoms with van der Waals surface area (Å²) in [6.07, 6.45) is -4.92. The molecule has 0 bridgehead atoms. The van der Waals surface area contributed by atoms with Crippen LogP contribution in [0.4, 0.5) is 17.6 Å². The standard InChI is InChI=1S/C27H21ClF4N2O7/c1-40-26(39)21-17(11-29)33-18(12-41-10-9-34-23(35)13-5-2-3-6-14(13)24(34)36)20(25(37)38)19(21)15-7-4-8-16(22(15)28)27(30,31)32/h2-8,19,33H,9-12H2,1H3,(H,37,38). The number of carboxylic acids is 1. The fourth-order valence-corrected chi connectivity index (χ4v) is 5.05. The van der Waals surface area contributed by atoms with Crippen molar-refractivity contribution in [3.8, 4) is 0 Å². The van der Waals surface area contributed by atoms with Gasteiger partial charge in [0.05, 0.1) is 77.0 Å². The maximum Gasteiger partial charge on any atom is 0.417 e. The second-order valence-electron chi connectivity index (χ2n) is 8.84. The van der Waals surface area contributed by atoms with Crippen molar-refractivity contribution in [2.75, 3.05) is 33.5 Å². The summed E-state index contributed by atoms with van der Waals surface area (Å²) in [5, 5.41) is 11.7. The number of nitrogens with zero attached hydrogens (tertiary/aromatic N) is 1. The van der Waals surface area contributed by atoms with Gasteiger partial charge in [0, 0.05) is 0 Å². The number of methoxy groups -OCH3 is 1. The number of esters is 1. The van der Waals surface area contributed by atoms with E-state index in [1.165, 1.54) is 12.1 Å². The van der Waals surface area contributed by atoms with E-state index in [-0.39, 0.29) is 30.0 Å². The smallest absolute Gasteiger partial charge is 0.417 e. The van der Waals surface area contributed by atoms with Crippen LogP contribution in [0.5, 0.6) is 0 Å². The molecule has 0 saturated carbocycles. The maximum absolute atomic E-state index is 14.2. The van der Waals surface area contributed by atoms with Gasteiger partial charge >= 0.3 is 18.1 Å². The van der Waals surface area contributed by atoms with Crippen molar-refractivity contribution in [3.05, 3.63) is 92.3 Å². The number of imide groups is 1.